The lowest BCUT2D eigenvalue weighted by Gasteiger charge is -2.37. The second-order valence-electron chi connectivity index (χ2n) is 8.75. The highest BCUT2D eigenvalue weighted by molar-refractivity contribution is 7.98. The molecule has 2 heterocycles. The van der Waals surface area contributed by atoms with Gasteiger partial charge in [0.1, 0.15) is 5.56 Å². The second kappa shape index (κ2) is 10.3. The van der Waals surface area contributed by atoms with Crippen LogP contribution in [0.3, 0.4) is 0 Å². The molecule has 3 N–H and O–H groups in total. The van der Waals surface area contributed by atoms with E-state index in [4.69, 9.17) is 10.5 Å². The van der Waals surface area contributed by atoms with Gasteiger partial charge >= 0.3 is 0 Å². The lowest BCUT2D eigenvalue weighted by atomic mass is 9.77. The third-order valence-corrected chi connectivity index (χ3v) is 6.74. The number of aryl methyl sites for hydroxylation is 1. The van der Waals surface area contributed by atoms with Gasteiger partial charge < -0.3 is 15.8 Å². The Labute approximate surface area is 203 Å². The van der Waals surface area contributed by atoms with Crippen LogP contribution in [0.15, 0.2) is 53.8 Å². The molecule has 0 bridgehead atoms. The van der Waals surface area contributed by atoms with Crippen LogP contribution < -0.4 is 15.8 Å². The minimum atomic E-state index is -0.557. The molecule has 1 saturated carbocycles. The molecule has 1 aromatic carbocycles. The normalized spacial score (nSPS) is 18.1. The zero-order valence-corrected chi connectivity index (χ0v) is 20.3. The van der Waals surface area contributed by atoms with Gasteiger partial charge in [-0.25, -0.2) is 4.98 Å². The number of nitrogens with one attached hydrogen (secondary N) is 1. The smallest absolute Gasteiger partial charge is 0.254 e. The molecule has 0 spiro atoms. The molecule has 2 aromatic heterocycles. The van der Waals surface area contributed by atoms with E-state index in [9.17, 15) is 9.59 Å². The van der Waals surface area contributed by atoms with E-state index in [0.29, 0.717) is 11.5 Å². The maximum absolute atomic E-state index is 13.0. The highest BCUT2D eigenvalue weighted by Gasteiger charge is 2.32. The summed E-state index contributed by atoms with van der Waals surface area (Å²) in [6, 6.07) is 9.32. The molecule has 0 unspecified atom stereocenters. The number of amides is 2. The van der Waals surface area contributed by atoms with Gasteiger partial charge in [-0.1, -0.05) is 0 Å². The molecule has 34 heavy (non-hydrogen) atoms. The van der Waals surface area contributed by atoms with Gasteiger partial charge in [0.05, 0.1) is 12.3 Å². The number of nitrogens with zero attached hydrogens (tertiary/aromatic N) is 3. The molecule has 3 aromatic rings. The van der Waals surface area contributed by atoms with Crippen molar-refractivity contribution >= 4 is 23.6 Å². The fourth-order valence-corrected chi connectivity index (χ4v) is 4.77. The molecule has 0 saturated heterocycles. The van der Waals surface area contributed by atoms with Crippen LogP contribution in [0.25, 0.3) is 11.1 Å². The van der Waals surface area contributed by atoms with Gasteiger partial charge in [0, 0.05) is 41.5 Å². The number of ether oxygens (including phenoxy) is 1. The number of benzene rings is 1. The van der Waals surface area contributed by atoms with E-state index in [0.717, 1.165) is 35.3 Å². The summed E-state index contributed by atoms with van der Waals surface area (Å²) in [6.45, 7) is 1.96. The standard InChI is InChI=1S/C25H29N5O3S/c1-15(33-25-22(23(26)31)5-4-6-27-25)7-16-8-20(9-16)29-24(32)18-10-17(11-21(12-18)34-3)19-13-28-30(2)14-19/h4-6,10-16,20H,7-9H2,1-3H3,(H2,26,31)(H,29,32)/t15-,16?,20?/m0/s1. The maximum atomic E-state index is 13.0. The van der Waals surface area contributed by atoms with Crippen LogP contribution in [0.4, 0.5) is 0 Å². The molecule has 2 amide bonds. The molecule has 0 aliphatic heterocycles. The SMILES string of the molecule is CSc1cc(C(=O)NC2CC(C[C@H](C)Oc3ncccc3C(N)=O)C2)cc(-c2cnn(C)c2)c1. The van der Waals surface area contributed by atoms with Gasteiger partial charge in [-0.2, -0.15) is 5.10 Å². The molecular weight excluding hydrogens is 450 g/mol. The maximum Gasteiger partial charge on any atom is 0.254 e. The van der Waals surface area contributed by atoms with E-state index < -0.39 is 5.91 Å². The van der Waals surface area contributed by atoms with Crippen LogP contribution in [-0.4, -0.2) is 45.0 Å². The summed E-state index contributed by atoms with van der Waals surface area (Å²) in [4.78, 5) is 29.7. The Balaban J connectivity index is 1.31. The molecule has 4 rings (SSSR count). The third-order valence-electron chi connectivity index (χ3n) is 6.03. The molecule has 1 atom stereocenters. The first-order valence-electron chi connectivity index (χ1n) is 11.2. The Hall–Kier alpha value is -3.33. The molecule has 0 radical (unpaired) electrons. The zero-order chi connectivity index (χ0) is 24.2. The summed E-state index contributed by atoms with van der Waals surface area (Å²) >= 11 is 1.61. The van der Waals surface area contributed by atoms with Crippen molar-refractivity contribution in [2.24, 2.45) is 18.7 Å². The van der Waals surface area contributed by atoms with Crippen molar-refractivity contribution in [3.05, 3.63) is 60.0 Å². The van der Waals surface area contributed by atoms with E-state index in [1.54, 1.807) is 41.0 Å². The van der Waals surface area contributed by atoms with Gasteiger partial charge in [0.2, 0.25) is 5.88 Å². The predicted molar refractivity (Wildman–Crippen MR) is 132 cm³/mol. The van der Waals surface area contributed by atoms with Crippen LogP contribution in [-0.2, 0) is 7.05 Å². The van der Waals surface area contributed by atoms with Crippen LogP contribution in [0.5, 0.6) is 5.88 Å². The van der Waals surface area contributed by atoms with Gasteiger partial charge in [0.25, 0.3) is 11.8 Å². The molecule has 8 nitrogen and oxygen atoms in total. The number of primary amides is 1. The quantitative estimate of drug-likeness (QED) is 0.453. The molecule has 1 fully saturated rings. The van der Waals surface area contributed by atoms with Crippen molar-refractivity contribution < 1.29 is 14.3 Å². The van der Waals surface area contributed by atoms with E-state index >= 15 is 0 Å². The van der Waals surface area contributed by atoms with Crippen LogP contribution in [0, 0.1) is 5.92 Å². The lowest BCUT2D eigenvalue weighted by Crippen LogP contribution is -2.45. The van der Waals surface area contributed by atoms with E-state index in [-0.39, 0.29) is 29.5 Å². The minimum Gasteiger partial charge on any atom is -0.474 e. The summed E-state index contributed by atoms with van der Waals surface area (Å²) in [6.07, 6.45) is 9.81. The number of carbonyl (C=O) groups excluding carboxylic acids is 2. The number of nitrogens with two attached hydrogens (primary N) is 1. The van der Waals surface area contributed by atoms with Gasteiger partial charge in [-0.3, -0.25) is 14.3 Å². The molecular formula is C25H29N5O3S. The second-order valence-corrected chi connectivity index (χ2v) is 9.62. The van der Waals surface area contributed by atoms with E-state index in [2.05, 4.69) is 21.5 Å². The Kier molecular flexibility index (Phi) is 7.21. The molecule has 178 valence electrons. The average molecular weight is 480 g/mol. The zero-order valence-electron chi connectivity index (χ0n) is 19.5. The van der Waals surface area contributed by atoms with E-state index in [1.165, 1.54) is 0 Å². The number of aromatic nitrogens is 3. The number of hydrogen-bond donors (Lipinski definition) is 2. The number of rotatable bonds is 9. The van der Waals surface area contributed by atoms with Crippen LogP contribution in [0.1, 0.15) is 46.9 Å². The predicted octanol–water partition coefficient (Wildman–Crippen LogP) is 3.67. The van der Waals surface area contributed by atoms with Crippen molar-refractivity contribution in [3.63, 3.8) is 0 Å². The third kappa shape index (κ3) is 5.59. The Morgan fingerprint density at radius 3 is 2.76 bits per heavy atom. The van der Waals surface area contributed by atoms with E-state index in [1.807, 2.05) is 38.6 Å². The summed E-state index contributed by atoms with van der Waals surface area (Å²) in [7, 11) is 1.88. The first kappa shape index (κ1) is 23.8. The topological polar surface area (TPSA) is 112 Å². The average Bonchev–Trinajstić information content (AvgIpc) is 3.23. The van der Waals surface area contributed by atoms with Crippen molar-refractivity contribution in [2.75, 3.05) is 6.26 Å². The van der Waals surface area contributed by atoms with Crippen LogP contribution >= 0.6 is 11.8 Å². The summed E-state index contributed by atoms with van der Waals surface area (Å²) in [5.41, 5.74) is 8.30. The highest BCUT2D eigenvalue weighted by Crippen LogP contribution is 2.33. The number of carbonyl (C=O) groups is 2. The Bertz CT molecular complexity index is 1190. The van der Waals surface area contributed by atoms with Crippen molar-refractivity contribution in [1.29, 1.82) is 0 Å². The van der Waals surface area contributed by atoms with Gasteiger partial charge in [-0.05, 0) is 74.3 Å². The first-order valence-corrected chi connectivity index (χ1v) is 12.4. The Morgan fingerprint density at radius 1 is 1.29 bits per heavy atom. The minimum absolute atomic E-state index is 0.0617. The Morgan fingerprint density at radius 2 is 2.09 bits per heavy atom. The number of pyridine rings is 1. The fraction of sp³-hybridized carbons (Fsp3) is 0.360. The van der Waals surface area contributed by atoms with Crippen molar-refractivity contribution in [1.82, 2.24) is 20.1 Å². The molecule has 1 aliphatic rings. The molecule has 1 aliphatic carbocycles. The number of thioether (sulfide) groups is 1. The van der Waals surface area contributed by atoms with Gasteiger partial charge in [-0.15, -0.1) is 11.8 Å². The monoisotopic (exact) mass is 479 g/mol. The highest BCUT2D eigenvalue weighted by atomic mass is 32.2. The largest absolute Gasteiger partial charge is 0.474 e. The number of hydrogen-bond acceptors (Lipinski definition) is 6. The summed E-state index contributed by atoms with van der Waals surface area (Å²) in [5, 5.41) is 7.40. The fourth-order valence-electron chi connectivity index (χ4n) is 4.28. The van der Waals surface area contributed by atoms with Crippen molar-refractivity contribution in [3.8, 4) is 17.0 Å². The van der Waals surface area contributed by atoms with Crippen molar-refractivity contribution in [2.45, 2.75) is 43.2 Å². The van der Waals surface area contributed by atoms with Crippen LogP contribution in [0.2, 0.25) is 0 Å². The first-order chi connectivity index (χ1) is 16.3. The summed E-state index contributed by atoms with van der Waals surface area (Å²) < 4.78 is 7.63. The lowest BCUT2D eigenvalue weighted by molar-refractivity contribution is 0.0847. The summed E-state index contributed by atoms with van der Waals surface area (Å²) in [5.74, 6) is 0.0848. The van der Waals surface area contributed by atoms with Gasteiger partial charge in [0.15, 0.2) is 0 Å². The molecule has 9 heteroatoms.